The summed E-state index contributed by atoms with van der Waals surface area (Å²) in [6.07, 6.45) is 1.61. The normalized spacial score (nSPS) is 16.0. The first-order valence-electron chi connectivity index (χ1n) is 10.1. The van der Waals surface area contributed by atoms with Crippen LogP contribution in [-0.2, 0) is 4.79 Å². The fourth-order valence-corrected chi connectivity index (χ4v) is 3.90. The molecule has 1 fully saturated rings. The number of nitrogens with zero attached hydrogens (tertiary/aromatic N) is 3. The van der Waals surface area contributed by atoms with Gasteiger partial charge in [-0.3, -0.25) is 4.79 Å². The number of piperidine rings is 1. The van der Waals surface area contributed by atoms with Gasteiger partial charge in [0.15, 0.2) is 5.58 Å². The number of oxazole rings is 1. The van der Waals surface area contributed by atoms with Crippen LogP contribution in [0.15, 0.2) is 52.9 Å². The third kappa shape index (κ3) is 3.92. The summed E-state index contributed by atoms with van der Waals surface area (Å²) in [5.74, 6) is 1.05. The van der Waals surface area contributed by atoms with Crippen LogP contribution >= 0.6 is 0 Å². The summed E-state index contributed by atoms with van der Waals surface area (Å²) in [4.78, 5) is 21.6. The van der Waals surface area contributed by atoms with E-state index in [2.05, 4.69) is 16.8 Å². The van der Waals surface area contributed by atoms with Gasteiger partial charge in [-0.2, -0.15) is 4.98 Å². The van der Waals surface area contributed by atoms with Crippen molar-refractivity contribution in [2.24, 2.45) is 5.92 Å². The number of carbonyl (C=O) groups is 1. The molecule has 0 radical (unpaired) electrons. The lowest BCUT2D eigenvalue weighted by Crippen LogP contribution is -2.42. The van der Waals surface area contributed by atoms with E-state index in [1.54, 1.807) is 7.11 Å². The van der Waals surface area contributed by atoms with E-state index in [0.29, 0.717) is 6.01 Å². The van der Waals surface area contributed by atoms with E-state index >= 15 is 0 Å². The standard InChI is InChI=1S/C23H27N3O3/c1-16(17-8-10-19(28-3)11-9-17)25(2)22(27)18-12-14-26(15-13-18)23-24-20-6-4-5-7-21(20)29-23/h4-11,16,18H,12-15H2,1-3H3. The monoisotopic (exact) mass is 393 g/mol. The Hall–Kier alpha value is -3.02. The van der Waals surface area contributed by atoms with E-state index in [4.69, 9.17) is 9.15 Å². The molecule has 1 saturated heterocycles. The number of rotatable bonds is 5. The fourth-order valence-electron chi connectivity index (χ4n) is 3.90. The van der Waals surface area contributed by atoms with E-state index < -0.39 is 0 Å². The Bertz CT molecular complexity index is 941. The number of benzene rings is 2. The Morgan fingerprint density at radius 1 is 1.17 bits per heavy atom. The Labute approximate surface area is 171 Å². The van der Waals surface area contributed by atoms with Gasteiger partial charge < -0.3 is 19.0 Å². The van der Waals surface area contributed by atoms with Crippen LogP contribution in [0.25, 0.3) is 11.1 Å². The van der Waals surface area contributed by atoms with Gasteiger partial charge in [0.05, 0.1) is 13.2 Å². The highest BCUT2D eigenvalue weighted by Gasteiger charge is 2.30. The highest BCUT2D eigenvalue weighted by molar-refractivity contribution is 5.79. The summed E-state index contributed by atoms with van der Waals surface area (Å²) in [5.41, 5.74) is 2.77. The number of carbonyl (C=O) groups excluding carboxylic acids is 1. The van der Waals surface area contributed by atoms with Crippen molar-refractivity contribution >= 4 is 23.0 Å². The lowest BCUT2D eigenvalue weighted by molar-refractivity contribution is -0.136. The summed E-state index contributed by atoms with van der Waals surface area (Å²) < 4.78 is 11.1. The second-order valence-electron chi connectivity index (χ2n) is 7.62. The van der Waals surface area contributed by atoms with E-state index in [1.807, 2.05) is 60.5 Å². The van der Waals surface area contributed by atoms with Crippen LogP contribution in [0.1, 0.15) is 31.4 Å². The average molecular weight is 393 g/mol. The molecular weight excluding hydrogens is 366 g/mol. The van der Waals surface area contributed by atoms with Crippen molar-refractivity contribution in [3.63, 3.8) is 0 Å². The number of fused-ring (bicyclic) bond motifs is 1. The minimum Gasteiger partial charge on any atom is -0.497 e. The Morgan fingerprint density at radius 3 is 2.52 bits per heavy atom. The maximum Gasteiger partial charge on any atom is 0.298 e. The zero-order chi connectivity index (χ0) is 20.4. The number of anilines is 1. The van der Waals surface area contributed by atoms with Crippen LogP contribution in [0, 0.1) is 5.92 Å². The van der Waals surface area contributed by atoms with Gasteiger partial charge in [0.25, 0.3) is 6.01 Å². The van der Waals surface area contributed by atoms with Crippen LogP contribution in [0.5, 0.6) is 5.75 Å². The molecule has 0 N–H and O–H groups in total. The number of aromatic nitrogens is 1. The van der Waals surface area contributed by atoms with Gasteiger partial charge in [-0.15, -0.1) is 0 Å². The molecule has 4 rings (SSSR count). The van der Waals surface area contributed by atoms with Gasteiger partial charge in [-0.1, -0.05) is 24.3 Å². The highest BCUT2D eigenvalue weighted by atomic mass is 16.5. The largest absolute Gasteiger partial charge is 0.497 e. The molecule has 1 amide bonds. The first kappa shape index (κ1) is 19.3. The highest BCUT2D eigenvalue weighted by Crippen LogP contribution is 2.29. The van der Waals surface area contributed by atoms with Crippen molar-refractivity contribution in [3.05, 3.63) is 54.1 Å². The van der Waals surface area contributed by atoms with Gasteiger partial charge in [-0.25, -0.2) is 0 Å². The maximum atomic E-state index is 13.1. The molecule has 29 heavy (non-hydrogen) atoms. The molecule has 1 aromatic heterocycles. The average Bonchev–Trinajstić information content (AvgIpc) is 3.22. The van der Waals surface area contributed by atoms with Gasteiger partial charge in [0.2, 0.25) is 5.91 Å². The molecule has 2 heterocycles. The van der Waals surface area contributed by atoms with Crippen molar-refractivity contribution < 1.29 is 13.9 Å². The molecule has 6 heteroatoms. The number of para-hydroxylation sites is 2. The molecule has 3 aromatic rings. The topological polar surface area (TPSA) is 58.8 Å². The predicted octanol–water partition coefficient (Wildman–Crippen LogP) is 4.27. The smallest absolute Gasteiger partial charge is 0.298 e. The minimum atomic E-state index is 0.0171. The van der Waals surface area contributed by atoms with Crippen LogP contribution in [-0.4, -0.2) is 43.0 Å². The molecule has 1 aliphatic heterocycles. The molecular formula is C23H27N3O3. The van der Waals surface area contributed by atoms with Crippen molar-refractivity contribution in [1.82, 2.24) is 9.88 Å². The predicted molar refractivity (Wildman–Crippen MR) is 113 cm³/mol. The second kappa shape index (κ2) is 8.15. The number of hydrogen-bond donors (Lipinski definition) is 0. The summed E-state index contributed by atoms with van der Waals surface area (Å²) in [7, 11) is 3.55. The first-order chi connectivity index (χ1) is 14.1. The zero-order valence-electron chi connectivity index (χ0n) is 17.2. The fraction of sp³-hybridized carbons (Fsp3) is 0.391. The summed E-state index contributed by atoms with van der Waals surface area (Å²) in [5, 5.41) is 0. The van der Waals surface area contributed by atoms with Gasteiger partial charge in [0, 0.05) is 26.1 Å². The van der Waals surface area contributed by atoms with Crippen molar-refractivity contribution in [3.8, 4) is 5.75 Å². The third-order valence-electron chi connectivity index (χ3n) is 5.92. The number of hydrogen-bond acceptors (Lipinski definition) is 5. The van der Waals surface area contributed by atoms with Crippen molar-refractivity contribution in [2.75, 3.05) is 32.1 Å². The summed E-state index contributed by atoms with van der Waals surface area (Å²) in [6.45, 7) is 3.61. The van der Waals surface area contributed by atoms with E-state index in [9.17, 15) is 4.79 Å². The van der Waals surface area contributed by atoms with Crippen LogP contribution < -0.4 is 9.64 Å². The minimum absolute atomic E-state index is 0.0171. The molecule has 1 unspecified atom stereocenters. The molecule has 2 aromatic carbocycles. The molecule has 0 spiro atoms. The van der Waals surface area contributed by atoms with Gasteiger partial charge >= 0.3 is 0 Å². The molecule has 0 bridgehead atoms. The Balaban J connectivity index is 1.37. The number of ether oxygens (including phenoxy) is 1. The van der Waals surface area contributed by atoms with Crippen molar-refractivity contribution in [2.45, 2.75) is 25.8 Å². The van der Waals surface area contributed by atoms with E-state index in [1.165, 1.54) is 0 Å². The lowest BCUT2D eigenvalue weighted by Gasteiger charge is -2.34. The van der Waals surface area contributed by atoms with E-state index in [-0.39, 0.29) is 17.9 Å². The number of methoxy groups -OCH3 is 1. The lowest BCUT2D eigenvalue weighted by atomic mass is 9.94. The van der Waals surface area contributed by atoms with Crippen LogP contribution in [0.4, 0.5) is 6.01 Å². The molecule has 1 aliphatic rings. The molecule has 0 aliphatic carbocycles. The van der Waals surface area contributed by atoms with E-state index in [0.717, 1.165) is 48.3 Å². The SMILES string of the molecule is COc1ccc(C(C)N(C)C(=O)C2CCN(c3nc4ccccc4o3)CC2)cc1. The van der Waals surface area contributed by atoms with Gasteiger partial charge in [0.1, 0.15) is 11.3 Å². The molecule has 152 valence electrons. The third-order valence-corrected chi connectivity index (χ3v) is 5.92. The molecule has 0 saturated carbocycles. The second-order valence-corrected chi connectivity index (χ2v) is 7.62. The Kier molecular flexibility index (Phi) is 5.43. The van der Waals surface area contributed by atoms with Crippen LogP contribution in [0.2, 0.25) is 0 Å². The molecule has 6 nitrogen and oxygen atoms in total. The molecule has 1 atom stereocenters. The maximum absolute atomic E-state index is 13.1. The van der Waals surface area contributed by atoms with Gasteiger partial charge in [-0.05, 0) is 49.6 Å². The number of amides is 1. The van der Waals surface area contributed by atoms with Crippen LogP contribution in [0.3, 0.4) is 0 Å². The summed E-state index contributed by atoms with van der Waals surface area (Å²) >= 11 is 0. The Morgan fingerprint density at radius 2 is 1.86 bits per heavy atom. The van der Waals surface area contributed by atoms with Crippen molar-refractivity contribution in [1.29, 1.82) is 0 Å². The summed E-state index contributed by atoms with van der Waals surface area (Å²) in [6, 6.07) is 16.4. The quantitative estimate of drug-likeness (QED) is 0.648. The first-order valence-corrected chi connectivity index (χ1v) is 10.1. The zero-order valence-corrected chi connectivity index (χ0v) is 17.2.